The number of hydrogen-bond acceptors (Lipinski definition) is 5. The Balaban J connectivity index is 1.10. The van der Waals surface area contributed by atoms with Crippen LogP contribution >= 0.6 is 11.6 Å². The number of nitrogens with zero attached hydrogens (tertiary/aromatic N) is 3. The van der Waals surface area contributed by atoms with Crippen LogP contribution in [0, 0.1) is 11.7 Å². The quantitative estimate of drug-likeness (QED) is 0.699. The predicted octanol–water partition coefficient (Wildman–Crippen LogP) is 2.66. The van der Waals surface area contributed by atoms with Gasteiger partial charge >= 0.3 is 0 Å². The summed E-state index contributed by atoms with van der Waals surface area (Å²) in [6.45, 7) is 1.94. The highest BCUT2D eigenvalue weighted by molar-refractivity contribution is 6.30. The molecular weight excluding hydrogens is 447 g/mol. The standard InChI is InChI=1S/C24H26ClFN4O3/c1-29(23(31)15-11-30(12-15)24(32)21-6-7-33-21)13-17-4-3-16(10-27-17)28-18-8-14-2-5-20(25)22(26)19(14)9-18/h2-5,10,15,18,21,28H,6-9,11-13H2,1H3. The van der Waals surface area contributed by atoms with Crippen molar-refractivity contribution in [2.24, 2.45) is 5.92 Å². The highest BCUT2D eigenvalue weighted by Crippen LogP contribution is 2.30. The average molecular weight is 473 g/mol. The normalized spacial score (nSPS) is 21.7. The zero-order valence-electron chi connectivity index (χ0n) is 18.4. The first-order chi connectivity index (χ1) is 15.9. The Hall–Kier alpha value is -2.71. The molecule has 2 aliphatic heterocycles. The molecule has 2 fully saturated rings. The van der Waals surface area contributed by atoms with Crippen molar-refractivity contribution in [1.82, 2.24) is 14.8 Å². The molecule has 1 aliphatic carbocycles. The Morgan fingerprint density at radius 2 is 2.06 bits per heavy atom. The van der Waals surface area contributed by atoms with E-state index in [2.05, 4.69) is 10.3 Å². The van der Waals surface area contributed by atoms with Crippen LogP contribution < -0.4 is 5.32 Å². The Kier molecular flexibility index (Phi) is 5.97. The fraction of sp³-hybridized carbons (Fsp3) is 0.458. The minimum absolute atomic E-state index is 0.00565. The molecule has 1 aromatic carbocycles. The number of ether oxygens (including phenoxy) is 1. The number of carbonyl (C=O) groups is 2. The van der Waals surface area contributed by atoms with E-state index in [-0.39, 0.29) is 40.7 Å². The molecule has 33 heavy (non-hydrogen) atoms. The van der Waals surface area contributed by atoms with Crippen molar-refractivity contribution in [3.05, 3.63) is 58.1 Å². The number of benzene rings is 1. The molecule has 174 valence electrons. The number of anilines is 1. The third-order valence-corrected chi connectivity index (χ3v) is 6.99. The third kappa shape index (κ3) is 4.42. The summed E-state index contributed by atoms with van der Waals surface area (Å²) in [5.74, 6) is -0.483. The second-order valence-electron chi connectivity index (χ2n) is 9.07. The van der Waals surface area contributed by atoms with Crippen LogP contribution in [0.3, 0.4) is 0 Å². The van der Waals surface area contributed by atoms with Crippen molar-refractivity contribution >= 4 is 29.1 Å². The summed E-state index contributed by atoms with van der Waals surface area (Å²) in [5.41, 5.74) is 3.29. The van der Waals surface area contributed by atoms with E-state index in [1.54, 1.807) is 29.1 Å². The number of rotatable bonds is 6. The number of nitrogens with one attached hydrogen (secondary N) is 1. The minimum Gasteiger partial charge on any atom is -0.380 e. The number of aromatic nitrogens is 1. The number of pyridine rings is 1. The zero-order chi connectivity index (χ0) is 23.1. The van der Waals surface area contributed by atoms with Gasteiger partial charge in [0.2, 0.25) is 5.91 Å². The second-order valence-corrected chi connectivity index (χ2v) is 9.48. The highest BCUT2D eigenvalue weighted by Gasteiger charge is 2.41. The minimum atomic E-state index is -0.324. The van der Waals surface area contributed by atoms with Crippen molar-refractivity contribution in [2.75, 3.05) is 32.1 Å². The number of halogens is 2. The molecule has 3 aliphatic rings. The first-order valence-corrected chi connectivity index (χ1v) is 11.6. The van der Waals surface area contributed by atoms with Gasteiger partial charge in [0.05, 0.1) is 41.7 Å². The molecule has 2 unspecified atom stereocenters. The van der Waals surface area contributed by atoms with Gasteiger partial charge in [0.15, 0.2) is 0 Å². The lowest BCUT2D eigenvalue weighted by molar-refractivity contribution is -0.165. The van der Waals surface area contributed by atoms with Crippen molar-refractivity contribution < 1.29 is 18.7 Å². The molecule has 5 rings (SSSR count). The number of hydrogen-bond donors (Lipinski definition) is 1. The Morgan fingerprint density at radius 1 is 1.27 bits per heavy atom. The van der Waals surface area contributed by atoms with E-state index in [1.165, 1.54) is 0 Å². The summed E-state index contributed by atoms with van der Waals surface area (Å²) < 4.78 is 19.5. The highest BCUT2D eigenvalue weighted by atomic mass is 35.5. The summed E-state index contributed by atoms with van der Waals surface area (Å²) in [6, 6.07) is 7.38. The van der Waals surface area contributed by atoms with Crippen LogP contribution in [0.5, 0.6) is 0 Å². The fourth-order valence-corrected chi connectivity index (χ4v) is 4.83. The number of fused-ring (bicyclic) bond motifs is 1. The number of amides is 2. The molecule has 0 bridgehead atoms. The van der Waals surface area contributed by atoms with Crippen molar-refractivity contribution in [3.63, 3.8) is 0 Å². The summed E-state index contributed by atoms with van der Waals surface area (Å²) in [6.07, 6.45) is 3.50. The van der Waals surface area contributed by atoms with E-state index in [4.69, 9.17) is 16.3 Å². The molecule has 0 saturated carbocycles. The Morgan fingerprint density at radius 3 is 2.73 bits per heavy atom. The van der Waals surface area contributed by atoms with Crippen LogP contribution in [-0.4, -0.2) is 65.5 Å². The van der Waals surface area contributed by atoms with Gasteiger partial charge in [-0.05, 0) is 42.2 Å². The molecule has 1 N–H and O–H groups in total. The maximum atomic E-state index is 14.2. The van der Waals surface area contributed by atoms with Crippen LogP contribution in [0.15, 0.2) is 30.5 Å². The maximum absolute atomic E-state index is 14.2. The summed E-state index contributed by atoms with van der Waals surface area (Å²) in [7, 11) is 1.76. The molecule has 7 nitrogen and oxygen atoms in total. The molecular formula is C24H26ClFN4O3. The van der Waals surface area contributed by atoms with Gasteiger partial charge in [-0.1, -0.05) is 17.7 Å². The van der Waals surface area contributed by atoms with Gasteiger partial charge in [-0.3, -0.25) is 14.6 Å². The molecule has 1 aromatic heterocycles. The van der Waals surface area contributed by atoms with Crippen LogP contribution in [0.1, 0.15) is 23.2 Å². The van der Waals surface area contributed by atoms with Gasteiger partial charge in [0.1, 0.15) is 11.9 Å². The monoisotopic (exact) mass is 472 g/mol. The van der Waals surface area contributed by atoms with E-state index in [9.17, 15) is 14.0 Å². The lowest BCUT2D eigenvalue weighted by atomic mass is 9.96. The first-order valence-electron chi connectivity index (χ1n) is 11.2. The van der Waals surface area contributed by atoms with E-state index >= 15 is 0 Å². The smallest absolute Gasteiger partial charge is 0.251 e. The topological polar surface area (TPSA) is 74.8 Å². The largest absolute Gasteiger partial charge is 0.380 e. The Labute approximate surface area is 196 Å². The molecule has 9 heteroatoms. The van der Waals surface area contributed by atoms with Crippen molar-refractivity contribution in [2.45, 2.75) is 38.0 Å². The summed E-state index contributed by atoms with van der Waals surface area (Å²) >= 11 is 5.90. The molecule has 2 atom stereocenters. The Bertz CT molecular complexity index is 1070. The molecule has 2 amide bonds. The van der Waals surface area contributed by atoms with Gasteiger partial charge in [-0.25, -0.2) is 4.39 Å². The zero-order valence-corrected chi connectivity index (χ0v) is 19.1. The van der Waals surface area contributed by atoms with Gasteiger partial charge in [-0.2, -0.15) is 0 Å². The molecule has 2 saturated heterocycles. The van der Waals surface area contributed by atoms with Crippen LogP contribution in [0.25, 0.3) is 0 Å². The fourth-order valence-electron chi connectivity index (χ4n) is 4.65. The number of carbonyl (C=O) groups excluding carboxylic acids is 2. The average Bonchev–Trinajstić information content (AvgIpc) is 3.13. The van der Waals surface area contributed by atoms with Gasteiger partial charge in [-0.15, -0.1) is 0 Å². The lowest BCUT2D eigenvalue weighted by Gasteiger charge is -2.42. The number of likely N-dealkylation sites (tertiary alicyclic amines) is 1. The second kappa shape index (κ2) is 8.91. The summed E-state index contributed by atoms with van der Waals surface area (Å²) in [5, 5.41) is 3.57. The SMILES string of the molecule is CN(Cc1ccc(NC2Cc3ccc(Cl)c(F)c3C2)cn1)C(=O)C1CN(C(=O)C2CCO2)C1. The van der Waals surface area contributed by atoms with Crippen molar-refractivity contribution in [1.29, 1.82) is 0 Å². The maximum Gasteiger partial charge on any atom is 0.251 e. The summed E-state index contributed by atoms with van der Waals surface area (Å²) in [4.78, 5) is 32.6. The van der Waals surface area contributed by atoms with Gasteiger partial charge in [0.25, 0.3) is 5.91 Å². The molecule has 0 radical (unpaired) electrons. The van der Waals surface area contributed by atoms with Crippen LogP contribution in [0.4, 0.5) is 10.1 Å². The lowest BCUT2D eigenvalue weighted by Crippen LogP contribution is -2.59. The van der Waals surface area contributed by atoms with E-state index < -0.39 is 0 Å². The predicted molar refractivity (Wildman–Crippen MR) is 121 cm³/mol. The van der Waals surface area contributed by atoms with Crippen LogP contribution in [0.2, 0.25) is 5.02 Å². The molecule has 3 heterocycles. The van der Waals surface area contributed by atoms with E-state index in [0.29, 0.717) is 38.2 Å². The first kappa shape index (κ1) is 22.1. The molecule has 2 aromatic rings. The molecule has 0 spiro atoms. The van der Waals surface area contributed by atoms with Gasteiger partial charge in [0, 0.05) is 32.6 Å². The van der Waals surface area contributed by atoms with Gasteiger partial charge < -0.3 is 19.9 Å². The van der Waals surface area contributed by atoms with E-state index in [1.807, 2.05) is 18.2 Å². The van der Waals surface area contributed by atoms with Crippen molar-refractivity contribution in [3.8, 4) is 0 Å². The van der Waals surface area contributed by atoms with E-state index in [0.717, 1.165) is 29.8 Å². The van der Waals surface area contributed by atoms with Crippen LogP contribution in [-0.2, 0) is 33.7 Å². The third-order valence-electron chi connectivity index (χ3n) is 6.70.